The molecule has 0 saturated carbocycles. The minimum absolute atomic E-state index is 0.0742. The lowest BCUT2D eigenvalue weighted by molar-refractivity contribution is 0.0996. The number of carbonyl (C=O) groups is 1. The lowest BCUT2D eigenvalue weighted by Gasteiger charge is -2.09. The van der Waals surface area contributed by atoms with Crippen molar-refractivity contribution in [1.29, 1.82) is 0 Å². The second-order valence-electron chi connectivity index (χ2n) is 4.94. The Kier molecular flexibility index (Phi) is 4.51. The van der Waals surface area contributed by atoms with Crippen LogP contribution in [0.3, 0.4) is 0 Å². The number of benzene rings is 1. The van der Waals surface area contributed by atoms with Gasteiger partial charge < -0.3 is 5.73 Å². The molecule has 1 amide bonds. The standard InChI is InChI=1S/C14H18N4O3S/c1-3-4-10-5-7-11(8-6-10)22(20,21)18-12-9(2)16-17-13(12)14(15)19/h5-8,18H,3-4H2,1-2H3,(H2,15,19)(H,16,17). The molecule has 7 nitrogen and oxygen atoms in total. The van der Waals surface area contributed by atoms with Crippen LogP contribution in [0.5, 0.6) is 0 Å². The minimum Gasteiger partial charge on any atom is -0.364 e. The molecular weight excluding hydrogens is 304 g/mol. The molecule has 2 aromatic rings. The van der Waals surface area contributed by atoms with Crippen LogP contribution in [0, 0.1) is 6.92 Å². The summed E-state index contributed by atoms with van der Waals surface area (Å²) >= 11 is 0. The molecular formula is C14H18N4O3S. The number of anilines is 1. The first kappa shape index (κ1) is 16.0. The van der Waals surface area contributed by atoms with Gasteiger partial charge in [-0.05, 0) is 31.0 Å². The zero-order chi connectivity index (χ0) is 16.3. The molecule has 4 N–H and O–H groups in total. The lowest BCUT2D eigenvalue weighted by atomic mass is 10.1. The highest BCUT2D eigenvalue weighted by atomic mass is 32.2. The number of sulfonamides is 1. The van der Waals surface area contributed by atoms with E-state index in [4.69, 9.17) is 5.73 Å². The van der Waals surface area contributed by atoms with Crippen LogP contribution in [0.4, 0.5) is 5.69 Å². The Labute approximate surface area is 129 Å². The number of hydrogen-bond acceptors (Lipinski definition) is 4. The van der Waals surface area contributed by atoms with E-state index in [1.807, 2.05) is 0 Å². The van der Waals surface area contributed by atoms with Crippen molar-refractivity contribution >= 4 is 21.6 Å². The van der Waals surface area contributed by atoms with Gasteiger partial charge in [0, 0.05) is 0 Å². The van der Waals surface area contributed by atoms with Crippen LogP contribution in [0.2, 0.25) is 0 Å². The summed E-state index contributed by atoms with van der Waals surface area (Å²) < 4.78 is 27.1. The van der Waals surface area contributed by atoms with E-state index in [9.17, 15) is 13.2 Å². The van der Waals surface area contributed by atoms with E-state index in [0.717, 1.165) is 18.4 Å². The summed E-state index contributed by atoms with van der Waals surface area (Å²) in [6, 6.07) is 6.62. The fraction of sp³-hybridized carbons (Fsp3) is 0.286. The summed E-state index contributed by atoms with van der Waals surface area (Å²) in [5, 5.41) is 6.25. The van der Waals surface area contributed by atoms with Crippen molar-refractivity contribution in [3.63, 3.8) is 0 Å². The fourth-order valence-electron chi connectivity index (χ4n) is 2.05. The molecule has 0 bridgehead atoms. The van der Waals surface area contributed by atoms with Crippen LogP contribution < -0.4 is 10.5 Å². The van der Waals surface area contributed by atoms with Crippen molar-refractivity contribution in [2.24, 2.45) is 5.73 Å². The minimum atomic E-state index is -3.81. The maximum absolute atomic E-state index is 12.4. The average molecular weight is 322 g/mol. The van der Waals surface area contributed by atoms with Crippen LogP contribution in [0.25, 0.3) is 0 Å². The van der Waals surface area contributed by atoms with E-state index in [-0.39, 0.29) is 16.3 Å². The van der Waals surface area contributed by atoms with Gasteiger partial charge in [-0.25, -0.2) is 8.42 Å². The number of amides is 1. The van der Waals surface area contributed by atoms with Gasteiger partial charge in [-0.3, -0.25) is 14.6 Å². The van der Waals surface area contributed by atoms with E-state index >= 15 is 0 Å². The molecule has 0 atom stereocenters. The fourth-order valence-corrected chi connectivity index (χ4v) is 3.18. The molecule has 1 heterocycles. The van der Waals surface area contributed by atoms with Crippen molar-refractivity contribution in [3.05, 3.63) is 41.2 Å². The quantitative estimate of drug-likeness (QED) is 0.748. The zero-order valence-electron chi connectivity index (χ0n) is 12.4. The van der Waals surface area contributed by atoms with Crippen LogP contribution in [0.15, 0.2) is 29.2 Å². The summed E-state index contributed by atoms with van der Waals surface area (Å²) in [5.41, 5.74) is 6.61. The largest absolute Gasteiger partial charge is 0.364 e. The Morgan fingerprint density at radius 2 is 1.95 bits per heavy atom. The SMILES string of the molecule is CCCc1ccc(S(=O)(=O)Nc2c(C(N)=O)n[nH]c2C)cc1. The molecule has 0 saturated heterocycles. The maximum atomic E-state index is 12.4. The van der Waals surface area contributed by atoms with E-state index in [2.05, 4.69) is 21.8 Å². The molecule has 0 aliphatic rings. The number of aromatic amines is 1. The van der Waals surface area contributed by atoms with Crippen LogP contribution >= 0.6 is 0 Å². The number of nitrogens with zero attached hydrogens (tertiary/aromatic N) is 1. The number of hydrogen-bond donors (Lipinski definition) is 3. The summed E-state index contributed by atoms with van der Waals surface area (Å²) in [4.78, 5) is 11.4. The van der Waals surface area contributed by atoms with Gasteiger partial charge in [0.15, 0.2) is 5.69 Å². The van der Waals surface area contributed by atoms with Crippen molar-refractivity contribution in [3.8, 4) is 0 Å². The second-order valence-corrected chi connectivity index (χ2v) is 6.62. The van der Waals surface area contributed by atoms with Gasteiger partial charge in [-0.15, -0.1) is 0 Å². The normalized spacial score (nSPS) is 11.4. The maximum Gasteiger partial charge on any atom is 0.271 e. The topological polar surface area (TPSA) is 118 Å². The van der Waals surface area contributed by atoms with Gasteiger partial charge in [0.25, 0.3) is 15.9 Å². The first-order chi connectivity index (χ1) is 10.3. The van der Waals surface area contributed by atoms with E-state index in [1.54, 1.807) is 19.1 Å². The number of primary amides is 1. The first-order valence-electron chi connectivity index (χ1n) is 6.81. The number of nitrogens with one attached hydrogen (secondary N) is 2. The molecule has 1 aromatic carbocycles. The monoisotopic (exact) mass is 322 g/mol. The number of carbonyl (C=O) groups excluding carboxylic acids is 1. The summed E-state index contributed by atoms with van der Waals surface area (Å²) in [5.74, 6) is -0.805. The lowest BCUT2D eigenvalue weighted by Crippen LogP contribution is -2.18. The Morgan fingerprint density at radius 1 is 1.32 bits per heavy atom. The number of H-pyrrole nitrogens is 1. The molecule has 0 fully saturated rings. The van der Waals surface area contributed by atoms with Crippen LogP contribution in [-0.2, 0) is 16.4 Å². The number of nitrogens with two attached hydrogens (primary N) is 1. The molecule has 0 radical (unpaired) electrons. The van der Waals surface area contributed by atoms with Gasteiger partial charge >= 0.3 is 0 Å². The van der Waals surface area contributed by atoms with Gasteiger partial charge in [0.2, 0.25) is 0 Å². The Hall–Kier alpha value is -2.35. The second kappa shape index (κ2) is 6.18. The molecule has 0 aliphatic carbocycles. The average Bonchev–Trinajstić information content (AvgIpc) is 2.81. The van der Waals surface area contributed by atoms with E-state index in [1.165, 1.54) is 12.1 Å². The van der Waals surface area contributed by atoms with E-state index in [0.29, 0.717) is 5.69 Å². The third kappa shape index (κ3) is 3.28. The zero-order valence-corrected chi connectivity index (χ0v) is 13.2. The molecule has 22 heavy (non-hydrogen) atoms. The molecule has 1 aromatic heterocycles. The van der Waals surface area contributed by atoms with Gasteiger partial charge in [-0.2, -0.15) is 5.10 Å². The number of rotatable bonds is 6. The van der Waals surface area contributed by atoms with Crippen molar-refractivity contribution < 1.29 is 13.2 Å². The van der Waals surface area contributed by atoms with Crippen molar-refractivity contribution in [2.45, 2.75) is 31.6 Å². The Bertz CT molecular complexity index is 779. The third-order valence-corrected chi connectivity index (χ3v) is 4.55. The predicted molar refractivity (Wildman–Crippen MR) is 83.1 cm³/mol. The summed E-state index contributed by atoms with van der Waals surface area (Å²) in [7, 11) is -3.81. The summed E-state index contributed by atoms with van der Waals surface area (Å²) in [6.07, 6.45) is 1.88. The third-order valence-electron chi connectivity index (χ3n) is 3.19. The molecule has 8 heteroatoms. The first-order valence-corrected chi connectivity index (χ1v) is 8.30. The molecule has 0 unspecified atom stereocenters. The summed E-state index contributed by atoms with van der Waals surface area (Å²) in [6.45, 7) is 3.65. The van der Waals surface area contributed by atoms with Gasteiger partial charge in [0.05, 0.1) is 10.6 Å². The highest BCUT2D eigenvalue weighted by molar-refractivity contribution is 7.92. The number of aromatic nitrogens is 2. The Morgan fingerprint density at radius 3 is 2.50 bits per heavy atom. The molecule has 0 spiro atoms. The molecule has 2 rings (SSSR count). The van der Waals surface area contributed by atoms with Crippen molar-refractivity contribution in [1.82, 2.24) is 10.2 Å². The smallest absolute Gasteiger partial charge is 0.271 e. The molecule has 118 valence electrons. The Balaban J connectivity index is 2.32. The van der Waals surface area contributed by atoms with Crippen molar-refractivity contribution in [2.75, 3.05) is 4.72 Å². The number of aryl methyl sites for hydroxylation is 2. The van der Waals surface area contributed by atoms with E-state index < -0.39 is 15.9 Å². The van der Waals surface area contributed by atoms with Crippen LogP contribution in [0.1, 0.15) is 35.1 Å². The van der Waals surface area contributed by atoms with Crippen LogP contribution in [-0.4, -0.2) is 24.5 Å². The predicted octanol–water partition coefficient (Wildman–Crippen LogP) is 1.57. The van der Waals surface area contributed by atoms with Gasteiger partial charge in [-0.1, -0.05) is 25.5 Å². The van der Waals surface area contributed by atoms with Gasteiger partial charge in [0.1, 0.15) is 5.69 Å². The highest BCUT2D eigenvalue weighted by Crippen LogP contribution is 2.22. The molecule has 0 aliphatic heterocycles. The highest BCUT2D eigenvalue weighted by Gasteiger charge is 2.21.